The van der Waals surface area contributed by atoms with Crippen LogP contribution in [0, 0.1) is 21.4 Å². The molecule has 36 heavy (non-hydrogen) atoms. The van der Waals surface area contributed by atoms with Crippen LogP contribution in [-0.4, -0.2) is 37.4 Å². The van der Waals surface area contributed by atoms with Crippen LogP contribution in [0.5, 0.6) is 17.2 Å². The van der Waals surface area contributed by atoms with Crippen LogP contribution in [-0.2, 0) is 14.4 Å². The molecule has 0 heterocycles. The van der Waals surface area contributed by atoms with Crippen molar-refractivity contribution in [2.75, 3.05) is 20.8 Å². The van der Waals surface area contributed by atoms with Crippen molar-refractivity contribution in [1.82, 2.24) is 0 Å². The summed E-state index contributed by atoms with van der Waals surface area (Å²) in [5.74, 6) is 0.619. The Hall–Kier alpha value is -4.65. The van der Waals surface area contributed by atoms with Gasteiger partial charge in [0.1, 0.15) is 42.6 Å². The summed E-state index contributed by atoms with van der Waals surface area (Å²) in [7, 11) is 2.66. The molecule has 1 aliphatic rings. The number of esters is 1. The molecule has 186 valence electrons. The van der Waals surface area contributed by atoms with Gasteiger partial charge in [-0.1, -0.05) is 22.4 Å². The van der Waals surface area contributed by atoms with Gasteiger partial charge in [-0.05, 0) is 56.0 Å². The zero-order chi connectivity index (χ0) is 26.2. The summed E-state index contributed by atoms with van der Waals surface area (Å²) in [5.41, 5.74) is 3.61. The molecule has 0 fully saturated rings. The molecule has 0 N–H and O–H groups in total. The van der Waals surface area contributed by atoms with E-state index in [9.17, 15) is 20.2 Å². The van der Waals surface area contributed by atoms with E-state index in [0.717, 1.165) is 11.1 Å². The second-order valence-corrected chi connectivity index (χ2v) is 8.02. The first-order chi connectivity index (χ1) is 17.3. The third kappa shape index (κ3) is 6.07. The van der Waals surface area contributed by atoms with Crippen LogP contribution in [0.15, 0.2) is 69.9 Å². The third-order valence-electron chi connectivity index (χ3n) is 5.66. The molecule has 0 saturated heterocycles. The summed E-state index contributed by atoms with van der Waals surface area (Å²) in [6, 6.07) is 12.6. The van der Waals surface area contributed by atoms with Crippen LogP contribution in [0.4, 0.5) is 5.69 Å². The van der Waals surface area contributed by atoms with Crippen LogP contribution in [0.2, 0.25) is 0 Å². The number of hydrogen-bond donors (Lipinski definition) is 0. The van der Waals surface area contributed by atoms with Crippen molar-refractivity contribution in [3.05, 3.63) is 80.4 Å². The number of nitriles is 1. The van der Waals surface area contributed by atoms with Crippen LogP contribution in [0.3, 0.4) is 0 Å². The van der Waals surface area contributed by atoms with Crippen molar-refractivity contribution in [1.29, 1.82) is 5.26 Å². The summed E-state index contributed by atoms with van der Waals surface area (Å²) in [6.45, 7) is 4.23. The van der Waals surface area contributed by atoms with E-state index in [4.69, 9.17) is 19.0 Å². The Morgan fingerprint density at radius 3 is 2.44 bits per heavy atom. The molecule has 2 aromatic rings. The summed E-state index contributed by atoms with van der Waals surface area (Å²) in [6.07, 6.45) is 1.13. The number of carbonyl (C=O) groups is 1. The highest BCUT2D eigenvalue weighted by atomic mass is 16.6. The van der Waals surface area contributed by atoms with Gasteiger partial charge in [0.05, 0.1) is 12.0 Å². The Labute approximate surface area is 208 Å². The Morgan fingerprint density at radius 1 is 1.08 bits per heavy atom. The molecule has 0 bridgehead atoms. The van der Waals surface area contributed by atoms with Gasteiger partial charge in [0.2, 0.25) is 0 Å². The number of ether oxygens (including phenoxy) is 3. The lowest BCUT2D eigenvalue weighted by Crippen LogP contribution is -2.24. The van der Waals surface area contributed by atoms with Crippen LogP contribution in [0.25, 0.3) is 0 Å². The average Bonchev–Trinajstić information content (AvgIpc) is 2.87. The number of allylic oxidation sites excluding steroid dienone is 2. The van der Waals surface area contributed by atoms with Crippen molar-refractivity contribution >= 4 is 17.4 Å². The Kier molecular flexibility index (Phi) is 8.41. The van der Waals surface area contributed by atoms with E-state index in [1.54, 1.807) is 30.3 Å². The second kappa shape index (κ2) is 11.7. The second-order valence-electron chi connectivity index (χ2n) is 8.02. The maximum Gasteiger partial charge on any atom is 0.360 e. The van der Waals surface area contributed by atoms with Crippen molar-refractivity contribution in [2.45, 2.75) is 26.7 Å². The van der Waals surface area contributed by atoms with E-state index >= 15 is 0 Å². The molecule has 0 amide bonds. The van der Waals surface area contributed by atoms with Gasteiger partial charge < -0.3 is 19.0 Å². The molecule has 0 radical (unpaired) electrons. The molecule has 1 aliphatic carbocycles. The first-order valence-corrected chi connectivity index (χ1v) is 10.9. The molecule has 0 spiro atoms. The predicted octanol–water partition coefficient (Wildman–Crippen LogP) is 5.24. The number of rotatable bonds is 9. The number of methoxy groups -OCH3 is 1. The molecule has 0 atom stereocenters. The van der Waals surface area contributed by atoms with Crippen molar-refractivity contribution < 1.29 is 28.8 Å². The van der Waals surface area contributed by atoms with Gasteiger partial charge in [0, 0.05) is 18.2 Å². The largest absolute Gasteiger partial charge is 0.489 e. The fourth-order valence-electron chi connectivity index (χ4n) is 3.67. The Bertz CT molecular complexity index is 1320. The van der Waals surface area contributed by atoms with Gasteiger partial charge in [-0.2, -0.15) is 5.26 Å². The summed E-state index contributed by atoms with van der Waals surface area (Å²) in [4.78, 5) is 27.6. The van der Waals surface area contributed by atoms with Gasteiger partial charge >= 0.3 is 5.97 Å². The molecule has 0 saturated carbocycles. The van der Waals surface area contributed by atoms with Gasteiger partial charge in [-0.15, -0.1) is 0 Å². The lowest BCUT2D eigenvalue weighted by atomic mass is 9.85. The topological polar surface area (TPSA) is 133 Å². The van der Waals surface area contributed by atoms with Crippen molar-refractivity contribution in [2.24, 2.45) is 5.16 Å². The minimum Gasteiger partial charge on any atom is -0.489 e. The molecule has 2 aromatic carbocycles. The molecule has 3 rings (SSSR count). The number of hydrogen-bond acceptors (Lipinski definition) is 9. The fraction of sp³-hybridized carbons (Fsp3) is 0.269. The highest BCUT2D eigenvalue weighted by molar-refractivity contribution is 6.43. The lowest BCUT2D eigenvalue weighted by molar-refractivity contribution is -0.385. The monoisotopic (exact) mass is 491 g/mol. The predicted molar refractivity (Wildman–Crippen MR) is 131 cm³/mol. The average molecular weight is 492 g/mol. The van der Waals surface area contributed by atoms with Gasteiger partial charge in [0.15, 0.2) is 5.71 Å². The molecule has 0 aromatic heterocycles. The fourth-order valence-corrected chi connectivity index (χ4v) is 3.67. The van der Waals surface area contributed by atoms with Crippen molar-refractivity contribution in [3.63, 3.8) is 0 Å². The van der Waals surface area contributed by atoms with E-state index in [0.29, 0.717) is 29.9 Å². The number of nitrogens with zero attached hydrogens (tertiary/aromatic N) is 3. The van der Waals surface area contributed by atoms with E-state index in [2.05, 4.69) is 5.16 Å². The number of oxime groups is 1. The highest BCUT2D eigenvalue weighted by Gasteiger charge is 2.26. The maximum absolute atomic E-state index is 12.3. The first-order valence-electron chi connectivity index (χ1n) is 10.9. The van der Waals surface area contributed by atoms with E-state index in [1.807, 2.05) is 13.8 Å². The maximum atomic E-state index is 12.3. The van der Waals surface area contributed by atoms with E-state index in [-0.39, 0.29) is 29.3 Å². The molecular formula is C26H25N3O7. The minimum absolute atomic E-state index is 0.0977. The number of nitro benzene ring substituents is 1. The summed E-state index contributed by atoms with van der Waals surface area (Å²) >= 11 is 0. The quantitative estimate of drug-likeness (QED) is 0.153. The molecule has 10 heteroatoms. The van der Waals surface area contributed by atoms with Crippen LogP contribution < -0.4 is 9.47 Å². The Morgan fingerprint density at radius 2 is 1.78 bits per heavy atom. The normalized spacial score (nSPS) is 13.7. The van der Waals surface area contributed by atoms with E-state index < -0.39 is 10.9 Å². The smallest absolute Gasteiger partial charge is 0.360 e. The van der Waals surface area contributed by atoms with Gasteiger partial charge in [0.25, 0.3) is 5.69 Å². The Balaban J connectivity index is 1.82. The van der Waals surface area contributed by atoms with Gasteiger partial charge in [-0.3, -0.25) is 10.1 Å². The number of carbonyl (C=O) groups excluding carboxylic acids is 1. The SMILES string of the molecule is CO/N=C(/C(=O)OC)C1=C(COc2cccc(Oc3ccc([N+](=O)[O-])c(C#N)c3)c2)CC(C)=C(C)C1. The van der Waals surface area contributed by atoms with Crippen LogP contribution >= 0.6 is 0 Å². The minimum atomic E-state index is -0.619. The summed E-state index contributed by atoms with van der Waals surface area (Å²) < 4.78 is 16.7. The third-order valence-corrected chi connectivity index (χ3v) is 5.66. The molecule has 10 nitrogen and oxygen atoms in total. The standard InChI is InChI=1S/C26H25N3O7/c1-16-10-19(23(11-17(16)2)25(28-34-4)26(30)33-3)15-35-20-6-5-7-21(13-20)36-22-8-9-24(29(31)32)18(12-22)14-27/h5-9,12-13H,10-11,15H2,1-4H3/b28-25+. The molecule has 0 unspecified atom stereocenters. The number of nitro groups is 1. The van der Waals surface area contributed by atoms with Gasteiger partial charge in [-0.25, -0.2) is 4.79 Å². The summed E-state index contributed by atoms with van der Waals surface area (Å²) in [5, 5.41) is 24.1. The molecule has 0 aliphatic heterocycles. The van der Waals surface area contributed by atoms with E-state index in [1.165, 1.54) is 38.0 Å². The lowest BCUT2D eigenvalue weighted by Gasteiger charge is -2.23. The molecular weight excluding hydrogens is 466 g/mol. The number of benzene rings is 2. The first kappa shape index (κ1) is 26.0. The van der Waals surface area contributed by atoms with Crippen molar-refractivity contribution in [3.8, 4) is 23.3 Å². The highest BCUT2D eigenvalue weighted by Crippen LogP contribution is 2.33. The van der Waals surface area contributed by atoms with Crippen LogP contribution in [0.1, 0.15) is 32.3 Å². The zero-order valence-corrected chi connectivity index (χ0v) is 20.4. The zero-order valence-electron chi connectivity index (χ0n) is 20.4.